The summed E-state index contributed by atoms with van der Waals surface area (Å²) in [6.45, 7) is 2.21. The number of methoxy groups -OCH3 is 1. The molecule has 0 unspecified atom stereocenters. The summed E-state index contributed by atoms with van der Waals surface area (Å²) in [4.78, 5) is 26.5. The Balaban J connectivity index is 1.89. The number of thiophene rings is 1. The number of amides is 1. The van der Waals surface area contributed by atoms with Crippen molar-refractivity contribution < 1.29 is 24.2 Å². The number of carboxylic acids is 1. The predicted molar refractivity (Wildman–Crippen MR) is 90.0 cm³/mol. The van der Waals surface area contributed by atoms with E-state index in [4.69, 9.17) is 14.6 Å². The number of benzene rings is 1. The highest BCUT2D eigenvalue weighted by molar-refractivity contribution is 7.17. The van der Waals surface area contributed by atoms with Gasteiger partial charge < -0.3 is 19.5 Å². The number of aromatic carboxylic acids is 1. The third kappa shape index (κ3) is 3.27. The molecule has 6 nitrogen and oxygen atoms in total. The molecule has 126 valence electrons. The zero-order valence-electron chi connectivity index (χ0n) is 13.2. The van der Waals surface area contributed by atoms with Gasteiger partial charge in [0.25, 0.3) is 5.91 Å². The topological polar surface area (TPSA) is 76.1 Å². The highest BCUT2D eigenvalue weighted by Crippen LogP contribution is 2.32. The van der Waals surface area contributed by atoms with E-state index in [2.05, 4.69) is 0 Å². The van der Waals surface area contributed by atoms with Crippen molar-refractivity contribution in [1.29, 1.82) is 0 Å². The van der Waals surface area contributed by atoms with Gasteiger partial charge in [0.1, 0.15) is 10.6 Å². The minimum atomic E-state index is -0.947. The van der Waals surface area contributed by atoms with Crippen molar-refractivity contribution in [2.24, 2.45) is 0 Å². The van der Waals surface area contributed by atoms with E-state index >= 15 is 0 Å². The fourth-order valence-corrected chi connectivity index (χ4v) is 3.41. The first-order chi connectivity index (χ1) is 11.6. The van der Waals surface area contributed by atoms with E-state index in [0.717, 1.165) is 10.4 Å². The molecule has 7 heteroatoms. The average Bonchev–Trinajstić information content (AvgIpc) is 3.12. The second-order valence-corrected chi connectivity index (χ2v) is 6.37. The molecular weight excluding hydrogens is 330 g/mol. The van der Waals surface area contributed by atoms with Gasteiger partial charge in [-0.1, -0.05) is 6.07 Å². The number of morpholine rings is 1. The summed E-state index contributed by atoms with van der Waals surface area (Å²) < 4.78 is 10.7. The highest BCUT2D eigenvalue weighted by atomic mass is 32.1. The van der Waals surface area contributed by atoms with Crippen molar-refractivity contribution in [2.75, 3.05) is 33.4 Å². The summed E-state index contributed by atoms with van der Waals surface area (Å²) in [7, 11) is 1.52. The maximum Gasteiger partial charge on any atom is 0.345 e. The lowest BCUT2D eigenvalue weighted by atomic mass is 10.1. The smallest absolute Gasteiger partial charge is 0.345 e. The Bertz CT molecular complexity index is 764. The number of nitrogens with zero attached hydrogens (tertiary/aromatic N) is 1. The largest absolute Gasteiger partial charge is 0.496 e. The number of rotatable bonds is 4. The molecule has 1 aromatic carbocycles. The maximum absolute atomic E-state index is 12.6. The van der Waals surface area contributed by atoms with E-state index in [1.165, 1.54) is 18.4 Å². The summed E-state index contributed by atoms with van der Waals surface area (Å²) >= 11 is 1.19. The van der Waals surface area contributed by atoms with Crippen LogP contribution < -0.4 is 4.74 Å². The van der Waals surface area contributed by atoms with E-state index < -0.39 is 5.97 Å². The van der Waals surface area contributed by atoms with Crippen LogP contribution in [0.1, 0.15) is 20.0 Å². The van der Waals surface area contributed by atoms with Gasteiger partial charge in [0.15, 0.2) is 0 Å². The SMILES string of the molecule is COc1cc(-c2ccc(C(=O)O)s2)ccc1C(=O)N1CCOCC1. The molecule has 1 aliphatic heterocycles. The fourth-order valence-electron chi connectivity index (χ4n) is 2.57. The molecule has 1 aliphatic rings. The summed E-state index contributed by atoms with van der Waals surface area (Å²) in [5.74, 6) is -0.550. The quantitative estimate of drug-likeness (QED) is 0.920. The number of carbonyl (C=O) groups excluding carboxylic acids is 1. The number of carbonyl (C=O) groups is 2. The number of hydrogen-bond donors (Lipinski definition) is 1. The van der Waals surface area contributed by atoms with Crippen LogP contribution in [0.25, 0.3) is 10.4 Å². The van der Waals surface area contributed by atoms with Crippen molar-refractivity contribution >= 4 is 23.2 Å². The summed E-state index contributed by atoms with van der Waals surface area (Å²) in [6.07, 6.45) is 0. The fraction of sp³-hybridized carbons (Fsp3) is 0.294. The Hall–Kier alpha value is -2.38. The summed E-state index contributed by atoms with van der Waals surface area (Å²) in [5, 5.41) is 9.03. The third-order valence-electron chi connectivity index (χ3n) is 3.83. The lowest BCUT2D eigenvalue weighted by molar-refractivity contribution is 0.0301. The van der Waals surface area contributed by atoms with Gasteiger partial charge in [0.05, 0.1) is 25.9 Å². The van der Waals surface area contributed by atoms with Crippen LogP contribution in [-0.2, 0) is 4.74 Å². The van der Waals surface area contributed by atoms with Gasteiger partial charge in [-0.2, -0.15) is 0 Å². The Morgan fingerprint density at radius 3 is 2.58 bits per heavy atom. The van der Waals surface area contributed by atoms with E-state index in [1.807, 2.05) is 6.07 Å². The third-order valence-corrected chi connectivity index (χ3v) is 4.95. The molecule has 0 radical (unpaired) electrons. The first-order valence-electron chi connectivity index (χ1n) is 7.48. The second-order valence-electron chi connectivity index (χ2n) is 5.29. The van der Waals surface area contributed by atoms with Crippen LogP contribution in [0.3, 0.4) is 0 Å². The Morgan fingerprint density at radius 1 is 1.21 bits per heavy atom. The molecular formula is C17H17NO5S. The molecule has 1 fully saturated rings. The van der Waals surface area contributed by atoms with Gasteiger partial charge in [-0.05, 0) is 29.8 Å². The van der Waals surface area contributed by atoms with Crippen molar-refractivity contribution in [2.45, 2.75) is 0 Å². The van der Waals surface area contributed by atoms with E-state index in [9.17, 15) is 9.59 Å². The van der Waals surface area contributed by atoms with E-state index in [1.54, 1.807) is 29.2 Å². The van der Waals surface area contributed by atoms with Gasteiger partial charge in [-0.15, -0.1) is 11.3 Å². The second kappa shape index (κ2) is 7.02. The molecule has 0 spiro atoms. The highest BCUT2D eigenvalue weighted by Gasteiger charge is 2.22. The standard InChI is InChI=1S/C17H17NO5S/c1-22-13-10-11(14-4-5-15(24-14)17(20)21)2-3-12(13)16(19)18-6-8-23-9-7-18/h2-5,10H,6-9H2,1H3,(H,20,21). The Labute approximate surface area is 143 Å². The molecule has 1 amide bonds. The lowest BCUT2D eigenvalue weighted by Crippen LogP contribution is -2.40. The minimum Gasteiger partial charge on any atom is -0.496 e. The Morgan fingerprint density at radius 2 is 1.96 bits per heavy atom. The van der Waals surface area contributed by atoms with Gasteiger partial charge in [-0.25, -0.2) is 4.79 Å². The first kappa shape index (κ1) is 16.5. The zero-order chi connectivity index (χ0) is 17.1. The molecule has 0 bridgehead atoms. The van der Waals surface area contributed by atoms with Crippen LogP contribution in [0.4, 0.5) is 0 Å². The van der Waals surface area contributed by atoms with Crippen molar-refractivity contribution in [3.63, 3.8) is 0 Å². The van der Waals surface area contributed by atoms with Gasteiger partial charge in [-0.3, -0.25) is 4.79 Å². The van der Waals surface area contributed by atoms with Crippen molar-refractivity contribution in [1.82, 2.24) is 4.90 Å². The molecule has 2 heterocycles. The van der Waals surface area contributed by atoms with E-state index in [-0.39, 0.29) is 10.8 Å². The van der Waals surface area contributed by atoms with E-state index in [0.29, 0.717) is 37.6 Å². The molecule has 3 rings (SSSR count). The van der Waals surface area contributed by atoms with Crippen molar-refractivity contribution in [3.8, 4) is 16.2 Å². The lowest BCUT2D eigenvalue weighted by Gasteiger charge is -2.27. The van der Waals surface area contributed by atoms with Crippen LogP contribution in [0.2, 0.25) is 0 Å². The molecule has 24 heavy (non-hydrogen) atoms. The van der Waals surface area contributed by atoms with Crippen LogP contribution in [0.5, 0.6) is 5.75 Å². The monoisotopic (exact) mass is 347 g/mol. The Kier molecular flexibility index (Phi) is 4.82. The average molecular weight is 347 g/mol. The maximum atomic E-state index is 12.6. The summed E-state index contributed by atoms with van der Waals surface area (Å²) in [6, 6.07) is 8.64. The number of carboxylic acid groups (broad SMARTS) is 1. The number of hydrogen-bond acceptors (Lipinski definition) is 5. The molecule has 0 atom stereocenters. The number of ether oxygens (including phenoxy) is 2. The zero-order valence-corrected chi connectivity index (χ0v) is 14.0. The molecule has 0 saturated carbocycles. The molecule has 0 aliphatic carbocycles. The van der Waals surface area contributed by atoms with Crippen molar-refractivity contribution in [3.05, 3.63) is 40.8 Å². The van der Waals surface area contributed by atoms with Gasteiger partial charge in [0, 0.05) is 18.0 Å². The molecule has 1 N–H and O–H groups in total. The molecule has 1 aromatic heterocycles. The first-order valence-corrected chi connectivity index (χ1v) is 8.30. The normalized spacial score (nSPS) is 14.5. The van der Waals surface area contributed by atoms with Crippen LogP contribution in [0, 0.1) is 0 Å². The molecule has 1 saturated heterocycles. The van der Waals surface area contributed by atoms with Crippen LogP contribution in [0.15, 0.2) is 30.3 Å². The van der Waals surface area contributed by atoms with Crippen LogP contribution >= 0.6 is 11.3 Å². The van der Waals surface area contributed by atoms with Gasteiger partial charge in [0.2, 0.25) is 0 Å². The molecule has 2 aromatic rings. The minimum absolute atomic E-state index is 0.0842. The van der Waals surface area contributed by atoms with Crippen LogP contribution in [-0.4, -0.2) is 55.3 Å². The predicted octanol–water partition coefficient (Wildman–Crippen LogP) is 2.59. The summed E-state index contributed by atoms with van der Waals surface area (Å²) in [5.41, 5.74) is 1.32. The van der Waals surface area contributed by atoms with Gasteiger partial charge >= 0.3 is 5.97 Å².